The van der Waals surface area contributed by atoms with E-state index in [-0.39, 0.29) is 22.9 Å². The molecule has 1 N–H and O–H groups in total. The minimum Gasteiger partial charge on any atom is -0.365 e. The summed E-state index contributed by atoms with van der Waals surface area (Å²) in [5.74, 6) is 1.04. The molecule has 0 spiro atoms. The minimum absolute atomic E-state index is 0.106. The van der Waals surface area contributed by atoms with Crippen LogP contribution in [0.25, 0.3) is 0 Å². The van der Waals surface area contributed by atoms with Gasteiger partial charge >= 0.3 is 0 Å². The van der Waals surface area contributed by atoms with Crippen LogP contribution in [-0.2, 0) is 4.74 Å². The number of alkyl halides is 1. The Morgan fingerprint density at radius 2 is 1.82 bits per heavy atom. The number of rotatable bonds is 5. The Bertz CT molecular complexity index is 408. The highest BCUT2D eigenvalue weighted by atomic mass is 127. The molecule has 2 aliphatic rings. The fourth-order valence-electron chi connectivity index (χ4n) is 5.47. The number of hydrogen-bond donors (Lipinski definition) is 1. The Morgan fingerprint density at radius 3 is 2.32 bits per heavy atom. The molecule has 0 amide bonds. The molecular formula is C19H35IO2. The van der Waals surface area contributed by atoms with Gasteiger partial charge in [0.25, 0.3) is 0 Å². The zero-order valence-electron chi connectivity index (χ0n) is 15.4. The van der Waals surface area contributed by atoms with E-state index < -0.39 is 5.79 Å². The highest BCUT2D eigenvalue weighted by Gasteiger charge is 2.70. The molecule has 3 heteroatoms. The van der Waals surface area contributed by atoms with Crippen LogP contribution in [0.3, 0.4) is 0 Å². The van der Waals surface area contributed by atoms with Crippen molar-refractivity contribution < 1.29 is 9.84 Å². The maximum atomic E-state index is 11.3. The lowest BCUT2D eigenvalue weighted by Crippen LogP contribution is -2.44. The quantitative estimate of drug-likeness (QED) is 0.483. The number of aliphatic hydroxyl groups is 1. The predicted octanol–water partition coefficient (Wildman–Crippen LogP) is 5.27. The largest absolute Gasteiger partial charge is 0.365 e. The zero-order chi connectivity index (χ0) is 16.9. The molecule has 0 aromatic heterocycles. The first-order valence-electron chi connectivity index (χ1n) is 8.95. The summed E-state index contributed by atoms with van der Waals surface area (Å²) in [5.41, 5.74) is 0.222. The van der Waals surface area contributed by atoms with E-state index in [1.54, 1.807) is 0 Å². The van der Waals surface area contributed by atoms with Crippen LogP contribution >= 0.6 is 22.6 Å². The zero-order valence-corrected chi connectivity index (χ0v) is 17.6. The Hall–Kier alpha value is 0.650. The maximum absolute atomic E-state index is 11.3. The summed E-state index contributed by atoms with van der Waals surface area (Å²) in [6, 6.07) is 0. The van der Waals surface area contributed by atoms with Gasteiger partial charge in [-0.15, -0.1) is 0 Å². The fourth-order valence-corrected chi connectivity index (χ4v) is 5.91. The lowest BCUT2D eigenvalue weighted by molar-refractivity contribution is -0.210. The molecular weight excluding hydrogens is 387 g/mol. The second-order valence-electron chi connectivity index (χ2n) is 9.17. The van der Waals surface area contributed by atoms with Crippen LogP contribution in [0.5, 0.6) is 0 Å². The number of halogens is 1. The normalized spacial score (nSPS) is 45.3. The van der Waals surface area contributed by atoms with Gasteiger partial charge in [-0.25, -0.2) is 0 Å². The van der Waals surface area contributed by atoms with Crippen molar-refractivity contribution in [1.82, 2.24) is 0 Å². The molecule has 1 saturated carbocycles. The Morgan fingerprint density at radius 1 is 1.23 bits per heavy atom. The van der Waals surface area contributed by atoms with Gasteiger partial charge in [-0.3, -0.25) is 0 Å². The summed E-state index contributed by atoms with van der Waals surface area (Å²) >= 11 is 2.46. The number of fused-ring (bicyclic) bond motifs is 1. The number of hydrogen-bond acceptors (Lipinski definition) is 2. The first-order chi connectivity index (χ1) is 9.99. The molecule has 0 unspecified atom stereocenters. The Kier molecular flexibility index (Phi) is 5.33. The van der Waals surface area contributed by atoms with Crippen LogP contribution in [0.15, 0.2) is 0 Å². The molecule has 1 aliphatic heterocycles. The fraction of sp³-hybridized carbons (Fsp3) is 1.00. The summed E-state index contributed by atoms with van der Waals surface area (Å²) in [5, 5.41) is 11.3. The standard InChI is InChI=1S/C19H35IO2/c1-12(2)18(7)16-14(4)15(9-8-13(3)10-20)22-19(16,21)11-17(18,5)6/h12-16,21H,8-11H2,1-7H3/t13-,14-,15-,16-,18-,19+/m1/s1. The molecule has 0 aromatic rings. The van der Waals surface area contributed by atoms with Crippen molar-refractivity contribution in [3.8, 4) is 0 Å². The van der Waals surface area contributed by atoms with Gasteiger partial charge in [0.1, 0.15) is 0 Å². The first-order valence-corrected chi connectivity index (χ1v) is 10.5. The molecule has 0 aromatic carbocycles. The molecule has 6 atom stereocenters. The van der Waals surface area contributed by atoms with E-state index >= 15 is 0 Å². The Balaban J connectivity index is 2.23. The van der Waals surface area contributed by atoms with Crippen molar-refractivity contribution in [2.24, 2.45) is 34.5 Å². The summed E-state index contributed by atoms with van der Waals surface area (Å²) in [6.07, 6.45) is 3.26. The predicted molar refractivity (Wildman–Crippen MR) is 101 cm³/mol. The van der Waals surface area contributed by atoms with Gasteiger partial charge in [-0.2, -0.15) is 0 Å². The third-order valence-electron chi connectivity index (χ3n) is 7.16. The summed E-state index contributed by atoms with van der Waals surface area (Å²) in [7, 11) is 0. The monoisotopic (exact) mass is 422 g/mol. The van der Waals surface area contributed by atoms with Crippen LogP contribution < -0.4 is 0 Å². The van der Waals surface area contributed by atoms with Crippen molar-refractivity contribution in [1.29, 1.82) is 0 Å². The lowest BCUT2D eigenvalue weighted by Gasteiger charge is -2.47. The summed E-state index contributed by atoms with van der Waals surface area (Å²) < 4.78 is 7.51. The van der Waals surface area contributed by atoms with Crippen molar-refractivity contribution in [2.75, 3.05) is 4.43 Å². The molecule has 2 rings (SSSR count). The molecule has 1 heterocycles. The summed E-state index contributed by atoms with van der Waals surface area (Å²) in [6.45, 7) is 16.2. The average Bonchev–Trinajstić information content (AvgIpc) is 2.73. The van der Waals surface area contributed by atoms with Crippen LogP contribution in [0, 0.1) is 34.5 Å². The van der Waals surface area contributed by atoms with Gasteiger partial charge in [0.2, 0.25) is 0 Å². The van der Waals surface area contributed by atoms with Crippen LogP contribution in [0.1, 0.15) is 67.7 Å². The van der Waals surface area contributed by atoms with E-state index in [4.69, 9.17) is 4.74 Å². The van der Waals surface area contributed by atoms with Crippen LogP contribution in [0.2, 0.25) is 0 Å². The first kappa shape index (κ1) is 19.0. The van der Waals surface area contributed by atoms with E-state index in [1.807, 2.05) is 0 Å². The van der Waals surface area contributed by atoms with Crippen molar-refractivity contribution in [3.63, 3.8) is 0 Å². The molecule has 22 heavy (non-hydrogen) atoms. The van der Waals surface area contributed by atoms with Gasteiger partial charge < -0.3 is 9.84 Å². The van der Waals surface area contributed by atoms with E-state index in [0.29, 0.717) is 11.8 Å². The topological polar surface area (TPSA) is 29.5 Å². The SMILES string of the molecule is CC(C)[C@]1(C)[C@H]2[C@H](C)[C@@H](CC[C@@H](C)CI)O[C@@]2(O)CC1(C)C. The van der Waals surface area contributed by atoms with Gasteiger partial charge in [-0.1, -0.05) is 71.1 Å². The second-order valence-corrected chi connectivity index (χ2v) is 10.1. The smallest absolute Gasteiger partial charge is 0.170 e. The van der Waals surface area contributed by atoms with Gasteiger partial charge in [0, 0.05) is 16.8 Å². The molecule has 1 aliphatic carbocycles. The van der Waals surface area contributed by atoms with Gasteiger partial charge in [0.05, 0.1) is 6.10 Å². The Labute approximate surface area is 150 Å². The van der Waals surface area contributed by atoms with Gasteiger partial charge in [0.15, 0.2) is 5.79 Å². The highest BCUT2D eigenvalue weighted by molar-refractivity contribution is 14.1. The minimum atomic E-state index is -0.917. The number of ether oxygens (including phenoxy) is 1. The van der Waals surface area contributed by atoms with Crippen molar-refractivity contribution in [2.45, 2.75) is 79.6 Å². The van der Waals surface area contributed by atoms with E-state index in [9.17, 15) is 5.11 Å². The third-order valence-corrected chi connectivity index (χ3v) is 8.66. The van der Waals surface area contributed by atoms with Crippen molar-refractivity contribution in [3.05, 3.63) is 0 Å². The van der Waals surface area contributed by atoms with E-state index in [0.717, 1.165) is 18.8 Å². The van der Waals surface area contributed by atoms with Gasteiger partial charge in [-0.05, 0) is 41.4 Å². The van der Waals surface area contributed by atoms with Crippen LogP contribution in [0.4, 0.5) is 0 Å². The van der Waals surface area contributed by atoms with Crippen LogP contribution in [-0.4, -0.2) is 21.4 Å². The average molecular weight is 422 g/mol. The third kappa shape index (κ3) is 2.77. The second kappa shape index (κ2) is 6.18. The van der Waals surface area contributed by atoms with E-state index in [2.05, 4.69) is 71.1 Å². The van der Waals surface area contributed by atoms with Crippen molar-refractivity contribution >= 4 is 22.6 Å². The van der Waals surface area contributed by atoms with E-state index in [1.165, 1.54) is 10.8 Å². The molecule has 0 radical (unpaired) electrons. The molecule has 130 valence electrons. The molecule has 2 fully saturated rings. The summed E-state index contributed by atoms with van der Waals surface area (Å²) in [4.78, 5) is 0. The molecule has 0 bridgehead atoms. The molecule has 2 nitrogen and oxygen atoms in total. The maximum Gasteiger partial charge on any atom is 0.170 e. The lowest BCUT2D eigenvalue weighted by atomic mass is 9.57. The molecule has 1 saturated heterocycles. The highest BCUT2D eigenvalue weighted by Crippen LogP contribution is 2.69.